The van der Waals surface area contributed by atoms with Crippen molar-refractivity contribution in [2.75, 3.05) is 6.61 Å². The van der Waals surface area contributed by atoms with E-state index in [1.165, 1.54) is 25.7 Å². The molecule has 1 fully saturated rings. The number of rotatable bonds is 12. The number of hydrogen-bond acceptors (Lipinski definition) is 5. The molecule has 0 N–H and O–H groups in total. The SMILES string of the molecule is CCCCCCCCC(=O)COC(=O)/C=C/C(=O)OC1CCCCC1. The van der Waals surface area contributed by atoms with Crippen LogP contribution in [0.15, 0.2) is 12.2 Å². The van der Waals surface area contributed by atoms with Crippen molar-refractivity contribution in [3.05, 3.63) is 12.2 Å². The van der Waals surface area contributed by atoms with Crippen LogP contribution in [0.2, 0.25) is 0 Å². The number of ether oxygens (including phenoxy) is 2. The molecule has 1 aliphatic carbocycles. The maximum absolute atomic E-state index is 11.6. The molecule has 142 valence electrons. The molecule has 0 unspecified atom stereocenters. The second-order valence-corrected chi connectivity index (χ2v) is 6.69. The van der Waals surface area contributed by atoms with E-state index in [9.17, 15) is 14.4 Å². The Morgan fingerprint density at radius 1 is 0.880 bits per heavy atom. The molecule has 0 heterocycles. The lowest BCUT2D eigenvalue weighted by Crippen LogP contribution is -2.20. The van der Waals surface area contributed by atoms with E-state index in [2.05, 4.69) is 6.92 Å². The molecule has 0 aromatic rings. The highest BCUT2D eigenvalue weighted by Gasteiger charge is 2.16. The molecular weight excluding hydrogens is 320 g/mol. The van der Waals surface area contributed by atoms with E-state index in [-0.39, 0.29) is 18.5 Å². The van der Waals surface area contributed by atoms with E-state index >= 15 is 0 Å². The first-order valence-corrected chi connectivity index (χ1v) is 9.69. The summed E-state index contributed by atoms with van der Waals surface area (Å²) >= 11 is 0. The lowest BCUT2D eigenvalue weighted by Gasteiger charge is -2.20. The van der Waals surface area contributed by atoms with Gasteiger partial charge < -0.3 is 9.47 Å². The van der Waals surface area contributed by atoms with Crippen LogP contribution in [-0.4, -0.2) is 30.4 Å². The molecule has 0 amide bonds. The van der Waals surface area contributed by atoms with E-state index < -0.39 is 11.9 Å². The predicted octanol–water partition coefficient (Wildman–Crippen LogP) is 4.28. The summed E-state index contributed by atoms with van der Waals surface area (Å²) in [6, 6.07) is 0. The van der Waals surface area contributed by atoms with Crippen LogP contribution in [0, 0.1) is 0 Å². The first kappa shape index (κ1) is 21.4. The molecule has 1 aliphatic rings. The van der Waals surface area contributed by atoms with E-state index in [1.807, 2.05) is 0 Å². The van der Waals surface area contributed by atoms with Crippen LogP contribution in [0.25, 0.3) is 0 Å². The Bertz CT molecular complexity index is 435. The van der Waals surface area contributed by atoms with Gasteiger partial charge in [-0.1, -0.05) is 45.4 Å². The molecule has 0 bridgehead atoms. The third-order valence-corrected chi connectivity index (χ3v) is 4.38. The first-order chi connectivity index (χ1) is 12.1. The first-order valence-electron chi connectivity index (χ1n) is 9.69. The normalized spacial score (nSPS) is 15.2. The molecule has 1 saturated carbocycles. The maximum atomic E-state index is 11.6. The minimum Gasteiger partial charge on any atom is -0.459 e. The van der Waals surface area contributed by atoms with Gasteiger partial charge in [-0.3, -0.25) is 4.79 Å². The fraction of sp³-hybridized carbons (Fsp3) is 0.750. The average molecular weight is 352 g/mol. The third kappa shape index (κ3) is 11.5. The minimum atomic E-state index is -0.683. The number of carbonyl (C=O) groups is 3. The highest BCUT2D eigenvalue weighted by atomic mass is 16.5. The molecule has 0 spiro atoms. The van der Waals surface area contributed by atoms with Crippen LogP contribution >= 0.6 is 0 Å². The minimum absolute atomic E-state index is 0.0409. The molecule has 5 heteroatoms. The monoisotopic (exact) mass is 352 g/mol. The van der Waals surface area contributed by atoms with Gasteiger partial charge in [-0.15, -0.1) is 0 Å². The average Bonchev–Trinajstić information content (AvgIpc) is 2.62. The van der Waals surface area contributed by atoms with Crippen molar-refractivity contribution >= 4 is 17.7 Å². The molecule has 0 saturated heterocycles. The van der Waals surface area contributed by atoms with Crippen LogP contribution in [0.1, 0.15) is 84.0 Å². The number of hydrogen-bond donors (Lipinski definition) is 0. The van der Waals surface area contributed by atoms with Crippen LogP contribution in [-0.2, 0) is 23.9 Å². The van der Waals surface area contributed by atoms with Gasteiger partial charge in [-0.2, -0.15) is 0 Å². The van der Waals surface area contributed by atoms with E-state index in [1.54, 1.807) is 0 Å². The van der Waals surface area contributed by atoms with E-state index in [0.29, 0.717) is 6.42 Å². The summed E-state index contributed by atoms with van der Waals surface area (Å²) in [5.41, 5.74) is 0. The smallest absolute Gasteiger partial charge is 0.331 e. The lowest BCUT2D eigenvalue weighted by molar-refractivity contribution is -0.146. The summed E-state index contributed by atoms with van der Waals surface area (Å²) in [7, 11) is 0. The number of esters is 2. The Labute approximate surface area is 151 Å². The zero-order valence-corrected chi connectivity index (χ0v) is 15.5. The molecular formula is C20H32O5. The molecule has 0 aliphatic heterocycles. The summed E-state index contributed by atoms with van der Waals surface area (Å²) in [5, 5.41) is 0. The van der Waals surface area contributed by atoms with Gasteiger partial charge in [0.25, 0.3) is 0 Å². The zero-order chi connectivity index (χ0) is 18.3. The highest BCUT2D eigenvalue weighted by molar-refractivity contribution is 5.92. The van der Waals surface area contributed by atoms with Crippen molar-refractivity contribution in [3.8, 4) is 0 Å². The van der Waals surface area contributed by atoms with Crippen molar-refractivity contribution in [2.45, 2.75) is 90.1 Å². The van der Waals surface area contributed by atoms with Crippen molar-refractivity contribution in [3.63, 3.8) is 0 Å². The quantitative estimate of drug-likeness (QED) is 0.298. The summed E-state index contributed by atoms with van der Waals surface area (Å²) in [5.74, 6) is -1.29. The van der Waals surface area contributed by atoms with Gasteiger partial charge in [0.2, 0.25) is 0 Å². The molecule has 25 heavy (non-hydrogen) atoms. The Kier molecular flexibility index (Phi) is 11.7. The zero-order valence-electron chi connectivity index (χ0n) is 15.5. The molecule has 0 atom stereocenters. The standard InChI is InChI=1S/C20H32O5/c1-2-3-4-5-6-8-11-17(21)16-24-19(22)14-15-20(23)25-18-12-9-7-10-13-18/h14-15,18H,2-13,16H2,1H3/b15-14+. The van der Waals surface area contributed by atoms with Gasteiger partial charge >= 0.3 is 11.9 Å². The summed E-state index contributed by atoms with van der Waals surface area (Å²) in [4.78, 5) is 34.8. The van der Waals surface area contributed by atoms with Gasteiger partial charge in [0.15, 0.2) is 5.78 Å². The van der Waals surface area contributed by atoms with Crippen molar-refractivity contribution in [1.29, 1.82) is 0 Å². The summed E-state index contributed by atoms with van der Waals surface area (Å²) in [6.45, 7) is 1.94. The lowest BCUT2D eigenvalue weighted by atomic mass is 9.98. The Hall–Kier alpha value is -1.65. The van der Waals surface area contributed by atoms with Crippen molar-refractivity contribution < 1.29 is 23.9 Å². The van der Waals surface area contributed by atoms with E-state index in [0.717, 1.165) is 57.1 Å². The third-order valence-electron chi connectivity index (χ3n) is 4.38. The number of ketones is 1. The van der Waals surface area contributed by atoms with Gasteiger partial charge in [0, 0.05) is 18.6 Å². The number of unbranched alkanes of at least 4 members (excludes halogenated alkanes) is 5. The molecule has 0 aromatic carbocycles. The molecule has 5 nitrogen and oxygen atoms in total. The Morgan fingerprint density at radius 3 is 2.24 bits per heavy atom. The number of carbonyl (C=O) groups excluding carboxylic acids is 3. The number of Topliss-reactive ketones (excluding diaryl/α,β-unsaturated/α-hetero) is 1. The molecule has 0 aromatic heterocycles. The topological polar surface area (TPSA) is 69.7 Å². The Balaban J connectivity index is 2.08. The van der Waals surface area contributed by atoms with Crippen LogP contribution in [0.4, 0.5) is 0 Å². The fourth-order valence-corrected chi connectivity index (χ4v) is 2.90. The van der Waals surface area contributed by atoms with Crippen molar-refractivity contribution in [2.24, 2.45) is 0 Å². The van der Waals surface area contributed by atoms with Gasteiger partial charge in [0.1, 0.15) is 12.7 Å². The van der Waals surface area contributed by atoms with Gasteiger partial charge in [0.05, 0.1) is 0 Å². The maximum Gasteiger partial charge on any atom is 0.331 e. The van der Waals surface area contributed by atoms with Crippen LogP contribution < -0.4 is 0 Å². The van der Waals surface area contributed by atoms with Gasteiger partial charge in [-0.25, -0.2) is 9.59 Å². The predicted molar refractivity (Wildman–Crippen MR) is 96.1 cm³/mol. The van der Waals surface area contributed by atoms with Gasteiger partial charge in [-0.05, 0) is 32.1 Å². The van der Waals surface area contributed by atoms with Crippen LogP contribution in [0.3, 0.4) is 0 Å². The fourth-order valence-electron chi connectivity index (χ4n) is 2.90. The van der Waals surface area contributed by atoms with Crippen molar-refractivity contribution in [1.82, 2.24) is 0 Å². The molecule has 1 rings (SSSR count). The summed E-state index contributed by atoms with van der Waals surface area (Å²) < 4.78 is 10.1. The molecule has 0 radical (unpaired) electrons. The summed E-state index contributed by atoms with van der Waals surface area (Å²) in [6.07, 6.45) is 14.3. The van der Waals surface area contributed by atoms with Crippen LogP contribution in [0.5, 0.6) is 0 Å². The second-order valence-electron chi connectivity index (χ2n) is 6.69. The largest absolute Gasteiger partial charge is 0.459 e. The highest BCUT2D eigenvalue weighted by Crippen LogP contribution is 2.20. The van der Waals surface area contributed by atoms with E-state index in [4.69, 9.17) is 9.47 Å². The second kappa shape index (κ2) is 13.6. The Morgan fingerprint density at radius 2 is 1.52 bits per heavy atom.